The fraction of sp³-hybridized carbons (Fsp3) is 0.500. The van der Waals surface area contributed by atoms with Gasteiger partial charge >= 0.3 is 0 Å². The van der Waals surface area contributed by atoms with Crippen molar-refractivity contribution >= 4 is 11.4 Å². The second kappa shape index (κ2) is 6.35. The molecule has 1 N–H and O–H groups in total. The zero-order valence-electron chi connectivity index (χ0n) is 11.5. The largest absolute Gasteiger partial charge is 0.367 e. The Kier molecular flexibility index (Phi) is 4.53. The predicted molar refractivity (Wildman–Crippen MR) is 76.7 cm³/mol. The number of benzene rings is 1. The summed E-state index contributed by atoms with van der Waals surface area (Å²) in [5.74, 6) is 0. The minimum absolute atomic E-state index is 0.0117. The van der Waals surface area contributed by atoms with Crippen LogP contribution in [0.1, 0.15) is 24.8 Å². The van der Waals surface area contributed by atoms with Crippen molar-refractivity contribution in [1.82, 2.24) is 5.32 Å². The van der Waals surface area contributed by atoms with Gasteiger partial charge in [-0.1, -0.05) is 6.42 Å². The molecule has 0 spiro atoms. The molecule has 20 heavy (non-hydrogen) atoms. The van der Waals surface area contributed by atoms with Crippen LogP contribution in [0.4, 0.5) is 11.4 Å². The number of nitro groups is 1. The van der Waals surface area contributed by atoms with Crippen LogP contribution in [-0.4, -0.2) is 31.1 Å². The normalized spacial score (nSPS) is 18.3. The van der Waals surface area contributed by atoms with Crippen molar-refractivity contribution in [2.24, 2.45) is 0 Å². The first-order chi connectivity index (χ1) is 9.61. The van der Waals surface area contributed by atoms with Crippen molar-refractivity contribution in [2.75, 3.05) is 25.0 Å². The number of hydrogen-bond acceptors (Lipinski definition) is 5. The third-order valence-electron chi connectivity index (χ3n) is 3.62. The van der Waals surface area contributed by atoms with Crippen molar-refractivity contribution in [3.8, 4) is 6.07 Å². The van der Waals surface area contributed by atoms with E-state index in [4.69, 9.17) is 5.26 Å². The lowest BCUT2D eigenvalue weighted by Gasteiger charge is -2.29. The summed E-state index contributed by atoms with van der Waals surface area (Å²) in [4.78, 5) is 12.6. The van der Waals surface area contributed by atoms with Crippen LogP contribution in [0, 0.1) is 21.4 Å². The number of anilines is 1. The van der Waals surface area contributed by atoms with E-state index in [1.165, 1.54) is 18.9 Å². The van der Waals surface area contributed by atoms with E-state index in [2.05, 4.69) is 5.32 Å². The van der Waals surface area contributed by atoms with Crippen LogP contribution < -0.4 is 10.2 Å². The minimum Gasteiger partial charge on any atom is -0.367 e. The van der Waals surface area contributed by atoms with Crippen molar-refractivity contribution in [3.63, 3.8) is 0 Å². The molecule has 1 heterocycles. The highest BCUT2D eigenvalue weighted by Crippen LogP contribution is 2.28. The van der Waals surface area contributed by atoms with E-state index in [1.54, 1.807) is 12.1 Å². The maximum atomic E-state index is 11.1. The second-order valence-electron chi connectivity index (χ2n) is 5.10. The first kappa shape index (κ1) is 14.3. The molecule has 1 aromatic carbocycles. The molecule has 2 rings (SSSR count). The highest BCUT2D eigenvalue weighted by Gasteiger charge is 2.21. The molecule has 106 valence electrons. The summed E-state index contributed by atoms with van der Waals surface area (Å²) in [7, 11) is 1.85. The van der Waals surface area contributed by atoms with E-state index in [9.17, 15) is 10.1 Å². The van der Waals surface area contributed by atoms with Crippen molar-refractivity contribution in [1.29, 1.82) is 5.26 Å². The summed E-state index contributed by atoms with van der Waals surface area (Å²) in [5, 5.41) is 23.4. The Balaban J connectivity index is 2.18. The average Bonchev–Trinajstić information content (AvgIpc) is 2.47. The molecule has 1 unspecified atom stereocenters. The molecule has 1 aromatic rings. The summed E-state index contributed by atoms with van der Waals surface area (Å²) in [6, 6.07) is 6.90. The number of nitriles is 1. The van der Waals surface area contributed by atoms with Crippen molar-refractivity contribution < 1.29 is 4.92 Å². The second-order valence-corrected chi connectivity index (χ2v) is 5.10. The number of likely N-dealkylation sites (N-methyl/N-ethyl adjacent to an activating group) is 1. The fourth-order valence-corrected chi connectivity index (χ4v) is 2.57. The van der Waals surface area contributed by atoms with Crippen LogP contribution in [0.15, 0.2) is 18.2 Å². The average molecular weight is 274 g/mol. The number of nitrogens with one attached hydrogen (secondary N) is 1. The smallest absolute Gasteiger partial charge is 0.293 e. The lowest BCUT2D eigenvalue weighted by atomic mass is 10.0. The molecule has 0 saturated carbocycles. The van der Waals surface area contributed by atoms with Gasteiger partial charge in [0.25, 0.3) is 5.69 Å². The first-order valence-corrected chi connectivity index (χ1v) is 6.75. The van der Waals surface area contributed by atoms with E-state index < -0.39 is 4.92 Å². The van der Waals surface area contributed by atoms with Gasteiger partial charge in [-0.3, -0.25) is 10.1 Å². The topological polar surface area (TPSA) is 82.2 Å². The van der Waals surface area contributed by atoms with Crippen molar-refractivity contribution in [3.05, 3.63) is 33.9 Å². The van der Waals surface area contributed by atoms with Crippen LogP contribution in [0.5, 0.6) is 0 Å². The molecule has 6 heteroatoms. The Morgan fingerprint density at radius 3 is 2.95 bits per heavy atom. The van der Waals surface area contributed by atoms with E-state index in [-0.39, 0.29) is 5.69 Å². The summed E-state index contributed by atoms with van der Waals surface area (Å²) in [6.07, 6.45) is 3.48. The zero-order chi connectivity index (χ0) is 14.5. The number of rotatable bonds is 4. The summed E-state index contributed by atoms with van der Waals surface area (Å²) >= 11 is 0. The molecule has 0 radical (unpaired) electrons. The molecule has 0 amide bonds. The van der Waals surface area contributed by atoms with Crippen LogP contribution in [-0.2, 0) is 0 Å². The van der Waals surface area contributed by atoms with Crippen LogP contribution in [0.3, 0.4) is 0 Å². The lowest BCUT2D eigenvalue weighted by Crippen LogP contribution is -2.42. The van der Waals surface area contributed by atoms with E-state index in [0.717, 1.165) is 19.5 Å². The highest BCUT2D eigenvalue weighted by molar-refractivity contribution is 5.65. The van der Waals surface area contributed by atoms with Gasteiger partial charge in [0.15, 0.2) is 0 Å². The summed E-state index contributed by atoms with van der Waals surface area (Å²) in [6.45, 7) is 1.74. The Morgan fingerprint density at radius 2 is 2.35 bits per heavy atom. The van der Waals surface area contributed by atoms with Gasteiger partial charge in [-0.25, -0.2) is 0 Å². The predicted octanol–water partition coefficient (Wildman–Crippen LogP) is 2.04. The van der Waals surface area contributed by atoms with Crippen LogP contribution in [0.25, 0.3) is 0 Å². The quantitative estimate of drug-likeness (QED) is 0.671. The first-order valence-electron chi connectivity index (χ1n) is 6.75. The minimum atomic E-state index is -0.430. The number of hydrogen-bond donors (Lipinski definition) is 1. The maximum absolute atomic E-state index is 11.1. The Labute approximate surface area is 118 Å². The standard InChI is InChI=1S/C14H18N4O2/c1-17(10-12-4-2-3-7-16-12)13-6-5-11(9-15)8-14(13)18(19)20/h5-6,8,12,16H,2-4,7,10H2,1H3. The van der Waals surface area contributed by atoms with Crippen LogP contribution in [0.2, 0.25) is 0 Å². The molecule has 0 aromatic heterocycles. The molecule has 1 fully saturated rings. The van der Waals surface area contributed by atoms with Gasteiger partial charge in [0.1, 0.15) is 5.69 Å². The molecule has 1 aliphatic rings. The molecule has 1 saturated heterocycles. The van der Waals surface area contributed by atoms with E-state index in [0.29, 0.717) is 17.3 Å². The van der Waals surface area contributed by atoms with Gasteiger partial charge in [0.2, 0.25) is 0 Å². The fourth-order valence-electron chi connectivity index (χ4n) is 2.57. The van der Waals surface area contributed by atoms with E-state index in [1.807, 2.05) is 18.0 Å². The number of nitrogens with zero attached hydrogens (tertiary/aromatic N) is 3. The SMILES string of the molecule is CN(CC1CCCCN1)c1ccc(C#N)cc1[N+](=O)[O-]. The molecule has 0 aliphatic carbocycles. The lowest BCUT2D eigenvalue weighted by molar-refractivity contribution is -0.384. The zero-order valence-corrected chi connectivity index (χ0v) is 11.5. The van der Waals surface area contributed by atoms with Crippen molar-refractivity contribution in [2.45, 2.75) is 25.3 Å². The molecule has 1 aliphatic heterocycles. The van der Waals surface area contributed by atoms with Gasteiger partial charge in [0.05, 0.1) is 16.6 Å². The van der Waals surface area contributed by atoms with Gasteiger partial charge in [0, 0.05) is 25.7 Å². The Morgan fingerprint density at radius 1 is 1.55 bits per heavy atom. The number of nitro benzene ring substituents is 1. The maximum Gasteiger partial charge on any atom is 0.293 e. The summed E-state index contributed by atoms with van der Waals surface area (Å²) < 4.78 is 0. The van der Waals surface area contributed by atoms with Gasteiger partial charge in [-0.2, -0.15) is 5.26 Å². The third kappa shape index (κ3) is 3.25. The van der Waals surface area contributed by atoms with Gasteiger partial charge in [-0.15, -0.1) is 0 Å². The molecule has 0 bridgehead atoms. The third-order valence-corrected chi connectivity index (χ3v) is 3.62. The van der Waals surface area contributed by atoms with E-state index >= 15 is 0 Å². The molecular weight excluding hydrogens is 256 g/mol. The van der Waals surface area contributed by atoms with Gasteiger partial charge < -0.3 is 10.2 Å². The molecule has 1 atom stereocenters. The van der Waals surface area contributed by atoms with Gasteiger partial charge in [-0.05, 0) is 31.5 Å². The summed E-state index contributed by atoms with van der Waals surface area (Å²) in [5.41, 5.74) is 0.855. The molecule has 6 nitrogen and oxygen atoms in total. The monoisotopic (exact) mass is 274 g/mol. The Bertz CT molecular complexity index is 532. The number of piperidine rings is 1. The van der Waals surface area contributed by atoms with Crippen LogP contribution >= 0.6 is 0 Å². The Hall–Kier alpha value is -2.13. The highest BCUT2D eigenvalue weighted by atomic mass is 16.6. The molecular formula is C14H18N4O2.